The Kier molecular flexibility index (Phi) is 7.72. The second-order valence-corrected chi connectivity index (χ2v) is 15.6. The van der Waals surface area contributed by atoms with Gasteiger partial charge in [0.15, 0.2) is 0 Å². The number of hydrogen-bond donors (Lipinski definition) is 0. The zero-order chi connectivity index (χ0) is 38.0. The van der Waals surface area contributed by atoms with Gasteiger partial charge >= 0.3 is 0 Å². The first-order valence-electron chi connectivity index (χ1n) is 19.2. The van der Waals surface area contributed by atoms with E-state index in [1.807, 2.05) is 54.5 Å². The molecule has 5 aromatic carbocycles. The molecule has 0 aliphatic rings. The molecule has 5 nitrogen and oxygen atoms in total. The van der Waals surface area contributed by atoms with E-state index < -0.39 is 0 Å². The number of rotatable bonds is 6. The van der Waals surface area contributed by atoms with E-state index in [0.29, 0.717) is 0 Å². The van der Waals surface area contributed by atoms with Crippen LogP contribution in [0.4, 0.5) is 0 Å². The van der Waals surface area contributed by atoms with E-state index in [-0.39, 0.29) is 0 Å². The highest BCUT2D eigenvalue weighted by molar-refractivity contribution is 7.26. The fourth-order valence-corrected chi connectivity index (χ4v) is 9.79. The van der Waals surface area contributed by atoms with Crippen LogP contribution in [0, 0.1) is 6.92 Å². The van der Waals surface area contributed by atoms with Gasteiger partial charge in [0.2, 0.25) is 0 Å². The summed E-state index contributed by atoms with van der Waals surface area (Å²) in [6.07, 6.45) is 13.8. The van der Waals surface area contributed by atoms with Crippen molar-refractivity contribution in [2.24, 2.45) is 0 Å². The topological polar surface area (TPSA) is 48.5 Å². The number of benzene rings is 5. The van der Waals surface area contributed by atoms with Crippen LogP contribution in [0.3, 0.4) is 0 Å². The minimum atomic E-state index is 0.988. The Balaban J connectivity index is 1.01. The number of fused-ring (bicyclic) bond motifs is 7. The number of allylic oxidation sites excluding steroid dienone is 1. The van der Waals surface area contributed by atoms with Gasteiger partial charge in [-0.05, 0) is 121 Å². The number of thiophene rings is 1. The average Bonchev–Trinajstić information content (AvgIpc) is 3.91. The minimum absolute atomic E-state index is 0.988. The summed E-state index contributed by atoms with van der Waals surface area (Å²) in [4.78, 5) is 13.4. The lowest BCUT2D eigenvalue weighted by Crippen LogP contribution is -1.97. The molecular formula is C51H35N5S. The molecule has 0 amide bonds. The van der Waals surface area contributed by atoms with Crippen LogP contribution in [0.25, 0.3) is 104 Å². The summed E-state index contributed by atoms with van der Waals surface area (Å²) in [6, 6.07) is 48.4. The van der Waals surface area contributed by atoms with Gasteiger partial charge in [-0.1, -0.05) is 66.7 Å². The summed E-state index contributed by atoms with van der Waals surface area (Å²) >= 11 is 1.86. The molecule has 0 fully saturated rings. The molecule has 0 atom stereocenters. The van der Waals surface area contributed by atoms with Crippen molar-refractivity contribution in [3.8, 4) is 44.9 Å². The molecule has 0 bridgehead atoms. The average molecular weight is 750 g/mol. The molecule has 0 aliphatic carbocycles. The standard InChI is InChI=1S/C51H35N5S/c1-3-9-45-32(2)40-28-36(17-19-46(40)56(45)49-16-8-14-39-41-29-37(44-15-4-5-23-54-44)18-20-50(41)57-51(39)49)34-11-6-10-33(26-34)35-12-7-13-38(27-35)55-47-21-24-52-30-42(47)43-31-53-25-22-48(43)55/h3-31H,1-2H3/b9-3-. The summed E-state index contributed by atoms with van der Waals surface area (Å²) in [5.74, 6) is 0. The van der Waals surface area contributed by atoms with Crippen molar-refractivity contribution in [3.05, 3.63) is 182 Å². The summed E-state index contributed by atoms with van der Waals surface area (Å²) in [6.45, 7) is 4.35. The Bertz CT molecular complexity index is 3330. The third-order valence-corrected chi connectivity index (χ3v) is 12.5. The van der Waals surface area contributed by atoms with Gasteiger partial charge in [-0.25, -0.2) is 0 Å². The van der Waals surface area contributed by atoms with Gasteiger partial charge in [0.05, 0.1) is 32.6 Å². The molecule has 0 N–H and O–H groups in total. The van der Waals surface area contributed by atoms with Gasteiger partial charge in [-0.3, -0.25) is 15.0 Å². The van der Waals surface area contributed by atoms with Gasteiger partial charge in [-0.2, -0.15) is 0 Å². The summed E-state index contributed by atoms with van der Waals surface area (Å²) in [5.41, 5.74) is 15.0. The van der Waals surface area contributed by atoms with Crippen molar-refractivity contribution in [1.29, 1.82) is 0 Å². The maximum absolute atomic E-state index is 4.62. The lowest BCUT2D eigenvalue weighted by molar-refractivity contribution is 1.11. The molecule has 0 aliphatic heterocycles. The first-order valence-corrected chi connectivity index (χ1v) is 20.0. The van der Waals surface area contributed by atoms with E-state index >= 15 is 0 Å². The summed E-state index contributed by atoms with van der Waals surface area (Å²) in [7, 11) is 0. The second kappa shape index (κ2) is 13.3. The predicted octanol–water partition coefficient (Wildman–Crippen LogP) is 13.6. The smallest absolute Gasteiger partial charge is 0.0702 e. The van der Waals surface area contributed by atoms with Gasteiger partial charge < -0.3 is 9.13 Å². The van der Waals surface area contributed by atoms with Gasteiger partial charge in [0, 0.05) is 79.6 Å². The molecule has 0 unspecified atom stereocenters. The van der Waals surface area contributed by atoms with Crippen LogP contribution in [0.5, 0.6) is 0 Å². The lowest BCUT2D eigenvalue weighted by atomic mass is 9.97. The highest BCUT2D eigenvalue weighted by Crippen LogP contribution is 2.42. The molecule has 11 aromatic rings. The largest absolute Gasteiger partial charge is 0.309 e. The van der Waals surface area contributed by atoms with Gasteiger partial charge in [-0.15, -0.1) is 11.3 Å². The van der Waals surface area contributed by atoms with Crippen LogP contribution >= 0.6 is 11.3 Å². The number of pyridine rings is 3. The van der Waals surface area contributed by atoms with E-state index in [2.05, 4.69) is 171 Å². The molecule has 0 saturated heterocycles. The molecule has 6 heterocycles. The Morgan fingerprint density at radius 2 is 1.21 bits per heavy atom. The normalized spacial score (nSPS) is 12.0. The third-order valence-electron chi connectivity index (χ3n) is 11.3. The van der Waals surface area contributed by atoms with E-state index in [1.165, 1.54) is 64.7 Å². The Hall–Kier alpha value is -7.15. The molecule has 6 heteroatoms. The molecule has 0 saturated carbocycles. The number of aromatic nitrogens is 5. The number of nitrogens with zero attached hydrogens (tertiary/aromatic N) is 5. The van der Waals surface area contributed by atoms with Crippen LogP contribution in [0.2, 0.25) is 0 Å². The van der Waals surface area contributed by atoms with Crippen molar-refractivity contribution in [2.75, 3.05) is 0 Å². The van der Waals surface area contributed by atoms with Crippen molar-refractivity contribution in [1.82, 2.24) is 24.1 Å². The zero-order valence-corrected chi connectivity index (χ0v) is 32.2. The molecule has 0 spiro atoms. The summed E-state index contributed by atoms with van der Waals surface area (Å²) in [5, 5.41) is 5.97. The van der Waals surface area contributed by atoms with Gasteiger partial charge in [0.1, 0.15) is 0 Å². The van der Waals surface area contributed by atoms with Crippen molar-refractivity contribution in [3.63, 3.8) is 0 Å². The Morgan fingerprint density at radius 3 is 1.96 bits per heavy atom. The molecule has 6 aromatic heterocycles. The van der Waals surface area contributed by atoms with E-state index in [9.17, 15) is 0 Å². The molecule has 270 valence electrons. The molecule has 0 radical (unpaired) electrons. The van der Waals surface area contributed by atoms with Crippen LogP contribution < -0.4 is 0 Å². The fourth-order valence-electron chi connectivity index (χ4n) is 8.61. The van der Waals surface area contributed by atoms with Crippen LogP contribution in [-0.2, 0) is 0 Å². The maximum Gasteiger partial charge on any atom is 0.0702 e. The molecule has 57 heavy (non-hydrogen) atoms. The first kappa shape index (κ1) is 33.2. The van der Waals surface area contributed by atoms with Crippen molar-refractivity contribution >= 4 is 70.3 Å². The van der Waals surface area contributed by atoms with E-state index in [1.54, 1.807) is 0 Å². The SMILES string of the molecule is C/C=C\c1c(C)c2cc(-c3cccc(-c4cccc(-n5c6ccncc6c6cnccc65)c4)c3)ccc2n1-c1cccc2c1sc1ccc(-c3ccccn3)cc12. The number of hydrogen-bond acceptors (Lipinski definition) is 4. The van der Waals surface area contributed by atoms with Crippen LogP contribution in [0.15, 0.2) is 171 Å². The lowest BCUT2D eigenvalue weighted by Gasteiger charge is -2.12. The molecular weight excluding hydrogens is 715 g/mol. The third kappa shape index (κ3) is 5.33. The van der Waals surface area contributed by atoms with E-state index in [0.717, 1.165) is 44.3 Å². The Labute approximate surface area is 333 Å². The monoisotopic (exact) mass is 749 g/mol. The second-order valence-electron chi connectivity index (χ2n) is 14.5. The Morgan fingerprint density at radius 1 is 0.526 bits per heavy atom. The first-order chi connectivity index (χ1) is 28.1. The quantitative estimate of drug-likeness (QED) is 0.170. The van der Waals surface area contributed by atoms with Gasteiger partial charge in [0.25, 0.3) is 0 Å². The van der Waals surface area contributed by atoms with E-state index in [4.69, 9.17) is 0 Å². The molecule has 11 rings (SSSR count). The fraction of sp³-hybridized carbons (Fsp3) is 0.0392. The zero-order valence-electron chi connectivity index (χ0n) is 31.4. The van der Waals surface area contributed by atoms with Crippen molar-refractivity contribution < 1.29 is 0 Å². The minimum Gasteiger partial charge on any atom is -0.309 e. The van der Waals surface area contributed by atoms with Crippen molar-refractivity contribution in [2.45, 2.75) is 13.8 Å². The highest BCUT2D eigenvalue weighted by atomic mass is 32.1. The maximum atomic E-state index is 4.62. The summed E-state index contributed by atoms with van der Waals surface area (Å²) < 4.78 is 7.31. The number of aryl methyl sites for hydroxylation is 1. The highest BCUT2D eigenvalue weighted by Gasteiger charge is 2.19. The van der Waals surface area contributed by atoms with Crippen LogP contribution in [0.1, 0.15) is 18.2 Å². The van der Waals surface area contributed by atoms with Crippen LogP contribution in [-0.4, -0.2) is 24.1 Å². The predicted molar refractivity (Wildman–Crippen MR) is 240 cm³/mol.